The molecule has 1 aromatic rings. The fourth-order valence-electron chi connectivity index (χ4n) is 1.40. The van der Waals surface area contributed by atoms with Gasteiger partial charge in [-0.3, -0.25) is 0 Å². The Morgan fingerprint density at radius 3 is 1.47 bits per heavy atom. The average Bonchev–Trinajstić information content (AvgIpc) is 2.09. The first-order chi connectivity index (χ1) is 6.68. The molecule has 0 saturated heterocycles. The Morgan fingerprint density at radius 2 is 1.20 bits per heavy atom. The number of halogens is 4. The van der Waals surface area contributed by atoms with E-state index < -0.39 is 39.7 Å². The Bertz CT molecular complexity index is 378. The SMILES string of the molecule is BC(C)(C)c1c(F)c(F)c(C)c(F)c1F. The van der Waals surface area contributed by atoms with Crippen LogP contribution in [-0.2, 0) is 5.31 Å². The van der Waals surface area contributed by atoms with E-state index in [2.05, 4.69) is 0 Å². The molecule has 0 N–H and O–H groups in total. The molecule has 1 aromatic carbocycles. The largest absolute Gasteiger partial charge is 0.203 e. The van der Waals surface area contributed by atoms with Crippen LogP contribution in [-0.4, -0.2) is 7.85 Å². The Labute approximate surface area is 86.7 Å². The molecular weight excluding hydrogens is 207 g/mol. The minimum Gasteiger partial charge on any atom is -0.203 e. The van der Waals surface area contributed by atoms with Gasteiger partial charge in [-0.25, -0.2) is 17.6 Å². The predicted octanol–water partition coefficient (Wildman–Crippen LogP) is 2.42. The topological polar surface area (TPSA) is 0 Å². The smallest absolute Gasteiger partial charge is 0.165 e. The van der Waals surface area contributed by atoms with Gasteiger partial charge in [0.25, 0.3) is 0 Å². The molecule has 15 heavy (non-hydrogen) atoms. The lowest BCUT2D eigenvalue weighted by Crippen LogP contribution is -2.23. The fourth-order valence-corrected chi connectivity index (χ4v) is 1.40. The summed E-state index contributed by atoms with van der Waals surface area (Å²) in [6.45, 7) is 3.98. The summed E-state index contributed by atoms with van der Waals surface area (Å²) < 4.78 is 53.2. The summed E-state index contributed by atoms with van der Waals surface area (Å²) in [6, 6.07) is 0. The second-order valence-corrected chi connectivity index (χ2v) is 4.51. The van der Waals surface area contributed by atoms with Crippen LogP contribution in [0.3, 0.4) is 0 Å². The number of rotatable bonds is 1. The van der Waals surface area contributed by atoms with Crippen LogP contribution in [0.2, 0.25) is 0 Å². The van der Waals surface area contributed by atoms with Crippen molar-refractivity contribution in [3.8, 4) is 0 Å². The number of hydrogen-bond acceptors (Lipinski definition) is 0. The van der Waals surface area contributed by atoms with Gasteiger partial charge in [-0.2, -0.15) is 0 Å². The Kier molecular flexibility index (Phi) is 2.85. The van der Waals surface area contributed by atoms with Crippen LogP contribution in [0.25, 0.3) is 0 Å². The molecule has 0 spiro atoms. The molecule has 0 saturated carbocycles. The molecule has 0 heterocycles. The number of benzene rings is 1. The molecule has 0 amide bonds. The molecule has 0 aromatic heterocycles. The maximum absolute atomic E-state index is 13.4. The van der Waals surface area contributed by atoms with Crippen LogP contribution in [0.15, 0.2) is 0 Å². The van der Waals surface area contributed by atoms with Gasteiger partial charge in [0.05, 0.1) is 0 Å². The molecule has 0 aliphatic rings. The third-order valence-corrected chi connectivity index (χ3v) is 2.23. The zero-order valence-electron chi connectivity index (χ0n) is 9.01. The van der Waals surface area contributed by atoms with E-state index in [-0.39, 0.29) is 0 Å². The van der Waals surface area contributed by atoms with Crippen LogP contribution in [0.1, 0.15) is 25.0 Å². The second-order valence-electron chi connectivity index (χ2n) is 4.51. The molecular formula is C10H11BF4. The summed E-state index contributed by atoms with van der Waals surface area (Å²) in [5.41, 5.74) is -1.18. The lowest BCUT2D eigenvalue weighted by molar-refractivity contribution is 0.418. The van der Waals surface area contributed by atoms with Crippen LogP contribution in [0.5, 0.6) is 0 Å². The van der Waals surface area contributed by atoms with Gasteiger partial charge >= 0.3 is 0 Å². The van der Waals surface area contributed by atoms with Gasteiger partial charge in [0.1, 0.15) is 7.85 Å². The highest BCUT2D eigenvalue weighted by Crippen LogP contribution is 2.30. The zero-order valence-corrected chi connectivity index (χ0v) is 9.01. The molecule has 0 radical (unpaired) electrons. The maximum Gasteiger partial charge on any atom is 0.165 e. The quantitative estimate of drug-likeness (QED) is 0.385. The van der Waals surface area contributed by atoms with Crippen LogP contribution in [0, 0.1) is 30.2 Å². The third-order valence-electron chi connectivity index (χ3n) is 2.23. The molecule has 0 fully saturated rings. The molecule has 0 aliphatic carbocycles. The Balaban J connectivity index is 3.68. The van der Waals surface area contributed by atoms with Gasteiger partial charge in [-0.05, 0) is 12.2 Å². The van der Waals surface area contributed by atoms with Gasteiger partial charge < -0.3 is 0 Å². The number of hydrogen-bond donors (Lipinski definition) is 0. The van der Waals surface area contributed by atoms with E-state index in [1.54, 1.807) is 0 Å². The van der Waals surface area contributed by atoms with Crippen molar-refractivity contribution in [1.82, 2.24) is 0 Å². The van der Waals surface area contributed by atoms with Crippen LogP contribution >= 0.6 is 0 Å². The van der Waals surface area contributed by atoms with Crippen LogP contribution < -0.4 is 0 Å². The minimum atomic E-state index is -1.32. The highest BCUT2D eigenvalue weighted by atomic mass is 19.2. The summed E-state index contributed by atoms with van der Waals surface area (Å²) in [7, 11) is 1.49. The fraction of sp³-hybridized carbons (Fsp3) is 0.400. The first kappa shape index (κ1) is 12.1. The van der Waals surface area contributed by atoms with Crippen molar-refractivity contribution in [3.63, 3.8) is 0 Å². The van der Waals surface area contributed by atoms with Crippen molar-refractivity contribution in [1.29, 1.82) is 0 Å². The lowest BCUT2D eigenvalue weighted by Gasteiger charge is -2.21. The Morgan fingerprint density at radius 1 is 0.867 bits per heavy atom. The van der Waals surface area contributed by atoms with Crippen LogP contribution in [0.4, 0.5) is 17.6 Å². The first-order valence-corrected chi connectivity index (χ1v) is 4.51. The highest BCUT2D eigenvalue weighted by Gasteiger charge is 2.30. The van der Waals surface area contributed by atoms with Crippen molar-refractivity contribution in [2.75, 3.05) is 0 Å². The normalized spacial score (nSPS) is 11.9. The summed E-state index contributed by atoms with van der Waals surface area (Å²) >= 11 is 0. The van der Waals surface area contributed by atoms with E-state index in [1.807, 2.05) is 0 Å². The zero-order chi connectivity index (χ0) is 12.0. The van der Waals surface area contributed by atoms with Gasteiger partial charge in [-0.15, -0.1) is 0 Å². The summed E-state index contributed by atoms with van der Waals surface area (Å²) in [6.07, 6.45) is 0. The third kappa shape index (κ3) is 1.87. The lowest BCUT2D eigenvalue weighted by atomic mass is 9.67. The molecule has 0 nitrogen and oxygen atoms in total. The van der Waals surface area contributed by atoms with Gasteiger partial charge in [0.15, 0.2) is 23.3 Å². The molecule has 1 rings (SSSR count). The summed E-state index contributed by atoms with van der Waals surface area (Å²) in [5, 5.41) is -0.983. The summed E-state index contributed by atoms with van der Waals surface area (Å²) in [4.78, 5) is 0. The molecule has 0 atom stereocenters. The predicted molar refractivity (Wildman–Crippen MR) is 52.6 cm³/mol. The minimum absolute atomic E-state index is 0.553. The highest BCUT2D eigenvalue weighted by molar-refractivity contribution is 6.15. The van der Waals surface area contributed by atoms with E-state index in [4.69, 9.17) is 0 Å². The summed E-state index contributed by atoms with van der Waals surface area (Å²) in [5.74, 6) is -5.25. The van der Waals surface area contributed by atoms with E-state index in [1.165, 1.54) is 21.7 Å². The Hall–Kier alpha value is -0.995. The van der Waals surface area contributed by atoms with Crippen molar-refractivity contribution >= 4 is 7.85 Å². The average molecular weight is 218 g/mol. The molecule has 0 unspecified atom stereocenters. The standard InChI is InChI=1S/C10H11BF4/c1-4-6(12)8(14)5(10(2,3)11)9(15)7(4)13/h11H2,1-3H3. The van der Waals surface area contributed by atoms with Crippen molar-refractivity contribution in [2.45, 2.75) is 26.1 Å². The van der Waals surface area contributed by atoms with Gasteiger partial charge in [-0.1, -0.05) is 13.8 Å². The monoisotopic (exact) mass is 218 g/mol. The van der Waals surface area contributed by atoms with E-state index in [0.29, 0.717) is 0 Å². The van der Waals surface area contributed by atoms with Gasteiger partial charge in [0.2, 0.25) is 0 Å². The molecule has 5 heteroatoms. The van der Waals surface area contributed by atoms with E-state index >= 15 is 0 Å². The van der Waals surface area contributed by atoms with Gasteiger partial charge in [0, 0.05) is 11.1 Å². The van der Waals surface area contributed by atoms with E-state index in [9.17, 15) is 17.6 Å². The molecule has 82 valence electrons. The van der Waals surface area contributed by atoms with Crippen molar-refractivity contribution < 1.29 is 17.6 Å². The molecule has 0 bridgehead atoms. The van der Waals surface area contributed by atoms with E-state index in [0.717, 1.165) is 6.92 Å². The maximum atomic E-state index is 13.4. The van der Waals surface area contributed by atoms with Crippen molar-refractivity contribution in [3.05, 3.63) is 34.4 Å². The first-order valence-electron chi connectivity index (χ1n) is 4.51. The van der Waals surface area contributed by atoms with Crippen molar-refractivity contribution in [2.24, 2.45) is 0 Å². The molecule has 0 aliphatic heterocycles. The second kappa shape index (κ2) is 3.54.